The minimum absolute atomic E-state index is 0.0490. The number of halogens is 2. The van der Waals surface area contributed by atoms with E-state index in [1.807, 2.05) is 22.9 Å². The van der Waals surface area contributed by atoms with Gasteiger partial charge in [-0.3, -0.25) is 0 Å². The molecule has 0 radical (unpaired) electrons. The summed E-state index contributed by atoms with van der Waals surface area (Å²) in [4.78, 5) is 8.20. The summed E-state index contributed by atoms with van der Waals surface area (Å²) in [5.41, 5.74) is 0.630. The summed E-state index contributed by atoms with van der Waals surface area (Å²) in [5.74, 6) is -0.300. The molecular weight excluding hydrogens is 487 g/mol. The van der Waals surface area contributed by atoms with Gasteiger partial charge in [-0.05, 0) is 55.0 Å². The number of hydrogen-bond donors (Lipinski definition) is 1. The van der Waals surface area contributed by atoms with Gasteiger partial charge in [0.15, 0.2) is 0 Å². The third-order valence-electron chi connectivity index (χ3n) is 4.50. The Bertz CT molecular complexity index is 1260. The van der Waals surface area contributed by atoms with Gasteiger partial charge < -0.3 is 14.3 Å². The van der Waals surface area contributed by atoms with Crippen molar-refractivity contribution in [3.63, 3.8) is 0 Å². The van der Waals surface area contributed by atoms with Gasteiger partial charge in [0.25, 0.3) is 0 Å². The number of hydrogen-bond acceptors (Lipinski definition) is 6. The Kier molecular flexibility index (Phi) is 6.19. The Morgan fingerprint density at radius 3 is 2.52 bits per heavy atom. The zero-order chi connectivity index (χ0) is 21.8. The second kappa shape index (κ2) is 9.03. The van der Waals surface area contributed by atoms with E-state index in [0.29, 0.717) is 25.1 Å². The van der Waals surface area contributed by atoms with Crippen LogP contribution >= 0.6 is 15.9 Å². The molecule has 2 aromatic heterocycles. The van der Waals surface area contributed by atoms with Crippen LogP contribution in [0.4, 0.5) is 10.3 Å². The predicted molar refractivity (Wildman–Crippen MR) is 117 cm³/mol. The Morgan fingerprint density at radius 2 is 1.84 bits per heavy atom. The summed E-state index contributed by atoms with van der Waals surface area (Å²) < 4.78 is 48.2. The molecule has 160 valence electrons. The lowest BCUT2D eigenvalue weighted by atomic mass is 10.2. The van der Waals surface area contributed by atoms with E-state index in [1.54, 1.807) is 24.7 Å². The maximum Gasteiger partial charge on any atom is 0.233 e. The number of oxazole rings is 1. The number of rotatable bonds is 8. The fourth-order valence-electron chi connectivity index (χ4n) is 2.92. The molecular formula is C21H18BrFN4O3S. The van der Waals surface area contributed by atoms with Crippen LogP contribution < -0.4 is 5.32 Å². The normalized spacial score (nSPS) is 11.5. The summed E-state index contributed by atoms with van der Waals surface area (Å²) in [5, 5.41) is 2.80. The number of nitrogens with zero attached hydrogens (tertiary/aromatic N) is 3. The van der Waals surface area contributed by atoms with Crippen molar-refractivity contribution in [1.29, 1.82) is 0 Å². The van der Waals surface area contributed by atoms with E-state index in [4.69, 9.17) is 4.42 Å². The molecule has 0 unspecified atom stereocenters. The summed E-state index contributed by atoms with van der Waals surface area (Å²) in [6.07, 6.45) is 5.97. The molecule has 4 rings (SSSR count). The molecule has 0 aliphatic carbocycles. The Morgan fingerprint density at radius 1 is 1.10 bits per heavy atom. The lowest BCUT2D eigenvalue weighted by Crippen LogP contribution is -2.10. The number of nitrogens with one attached hydrogen (secondary N) is 1. The average Bonchev–Trinajstić information content (AvgIpc) is 3.42. The Labute approximate surface area is 187 Å². The van der Waals surface area contributed by atoms with E-state index >= 15 is 0 Å². The van der Waals surface area contributed by atoms with Gasteiger partial charge in [0.2, 0.25) is 26.6 Å². The number of anilines is 1. The van der Waals surface area contributed by atoms with Gasteiger partial charge in [0.1, 0.15) is 5.82 Å². The third-order valence-corrected chi connectivity index (χ3v) is 6.71. The minimum Gasteiger partial charge on any atom is -0.419 e. The van der Waals surface area contributed by atoms with Gasteiger partial charge >= 0.3 is 0 Å². The molecule has 2 aromatic carbocycles. The van der Waals surface area contributed by atoms with Crippen molar-refractivity contribution in [3.05, 3.63) is 77.5 Å². The molecule has 0 saturated heterocycles. The molecule has 0 fully saturated rings. The van der Waals surface area contributed by atoms with E-state index in [-0.39, 0.29) is 21.7 Å². The standard InChI is InChI=1S/C21H18BrFN4O3S/c22-16-4-2-15(3-5-16)19-26-21(31(28,29)18-8-6-17(23)7-9-18)20(30-19)25-10-1-12-27-13-11-24-14-27/h2-9,11,13-14,25H,1,10,12H2. The maximum absolute atomic E-state index is 13.3. The first-order chi connectivity index (χ1) is 14.9. The van der Waals surface area contributed by atoms with Crippen LogP contribution in [0.25, 0.3) is 11.5 Å². The first-order valence-electron chi connectivity index (χ1n) is 9.40. The molecule has 7 nitrogen and oxygen atoms in total. The van der Waals surface area contributed by atoms with Crippen molar-refractivity contribution in [1.82, 2.24) is 14.5 Å². The van der Waals surface area contributed by atoms with Crippen molar-refractivity contribution in [2.45, 2.75) is 22.9 Å². The fourth-order valence-corrected chi connectivity index (χ4v) is 4.47. The van der Waals surface area contributed by atoms with Gasteiger partial charge in [-0.15, -0.1) is 0 Å². The van der Waals surface area contributed by atoms with Crippen molar-refractivity contribution in [2.24, 2.45) is 0 Å². The van der Waals surface area contributed by atoms with Gasteiger partial charge in [0, 0.05) is 35.5 Å². The second-order valence-electron chi connectivity index (χ2n) is 6.70. The summed E-state index contributed by atoms with van der Waals surface area (Å²) >= 11 is 3.37. The lowest BCUT2D eigenvalue weighted by molar-refractivity contribution is 0.571. The van der Waals surface area contributed by atoms with Gasteiger partial charge in [-0.1, -0.05) is 15.9 Å². The largest absolute Gasteiger partial charge is 0.419 e. The van der Waals surface area contributed by atoms with Crippen LogP contribution in [0.3, 0.4) is 0 Å². The van der Waals surface area contributed by atoms with Crippen molar-refractivity contribution < 1.29 is 17.2 Å². The highest BCUT2D eigenvalue weighted by molar-refractivity contribution is 9.10. The number of sulfone groups is 1. The van der Waals surface area contributed by atoms with Crippen LogP contribution in [0.1, 0.15) is 6.42 Å². The predicted octanol–water partition coefficient (Wildman–Crippen LogP) is 4.77. The Balaban J connectivity index is 1.64. The second-order valence-corrected chi connectivity index (χ2v) is 9.48. The SMILES string of the molecule is O=S(=O)(c1ccc(F)cc1)c1nc(-c2ccc(Br)cc2)oc1NCCCn1ccnc1. The number of aryl methyl sites for hydroxylation is 1. The lowest BCUT2D eigenvalue weighted by Gasteiger charge is -2.06. The molecule has 0 spiro atoms. The fraction of sp³-hybridized carbons (Fsp3) is 0.143. The molecule has 31 heavy (non-hydrogen) atoms. The third kappa shape index (κ3) is 4.86. The molecule has 2 heterocycles. The number of imidazole rings is 1. The molecule has 4 aromatic rings. The van der Waals surface area contributed by atoms with Crippen LogP contribution in [-0.4, -0.2) is 29.5 Å². The van der Waals surface area contributed by atoms with Crippen LogP contribution in [0, 0.1) is 5.82 Å². The maximum atomic E-state index is 13.3. The molecule has 0 atom stereocenters. The van der Waals surface area contributed by atoms with Crippen molar-refractivity contribution >= 4 is 31.7 Å². The molecule has 1 N–H and O–H groups in total. The molecule has 0 amide bonds. The van der Waals surface area contributed by atoms with Crippen LogP contribution in [0.5, 0.6) is 0 Å². The number of aromatic nitrogens is 3. The summed E-state index contributed by atoms with van der Waals surface area (Å²) in [6.45, 7) is 1.17. The Hall–Kier alpha value is -2.98. The molecule has 0 aliphatic heterocycles. The van der Waals surface area contributed by atoms with E-state index < -0.39 is 15.7 Å². The van der Waals surface area contributed by atoms with Crippen LogP contribution in [-0.2, 0) is 16.4 Å². The first-order valence-corrected chi connectivity index (χ1v) is 11.7. The van der Waals surface area contributed by atoms with Crippen molar-refractivity contribution in [3.8, 4) is 11.5 Å². The first kappa shape index (κ1) is 21.3. The van der Waals surface area contributed by atoms with E-state index in [2.05, 4.69) is 31.2 Å². The van der Waals surface area contributed by atoms with Gasteiger partial charge in [-0.2, -0.15) is 4.98 Å². The van der Waals surface area contributed by atoms with E-state index in [0.717, 1.165) is 16.6 Å². The van der Waals surface area contributed by atoms with Gasteiger partial charge in [-0.25, -0.2) is 17.8 Å². The molecule has 0 aliphatic rings. The highest BCUT2D eigenvalue weighted by Gasteiger charge is 2.28. The van der Waals surface area contributed by atoms with E-state index in [1.165, 1.54) is 12.1 Å². The number of benzene rings is 2. The average molecular weight is 505 g/mol. The molecule has 0 saturated carbocycles. The van der Waals surface area contributed by atoms with Crippen molar-refractivity contribution in [2.75, 3.05) is 11.9 Å². The zero-order valence-electron chi connectivity index (χ0n) is 16.2. The van der Waals surface area contributed by atoms with Gasteiger partial charge in [0.05, 0.1) is 11.2 Å². The zero-order valence-corrected chi connectivity index (χ0v) is 18.6. The quantitative estimate of drug-likeness (QED) is 0.274. The molecule has 0 bridgehead atoms. The van der Waals surface area contributed by atoms with Crippen LogP contribution in [0.2, 0.25) is 0 Å². The monoisotopic (exact) mass is 504 g/mol. The topological polar surface area (TPSA) is 90.0 Å². The summed E-state index contributed by atoms with van der Waals surface area (Å²) in [7, 11) is -4.02. The van der Waals surface area contributed by atoms with Crippen LogP contribution in [0.15, 0.2) is 86.1 Å². The van der Waals surface area contributed by atoms with E-state index in [9.17, 15) is 12.8 Å². The molecule has 10 heteroatoms. The summed E-state index contributed by atoms with van der Waals surface area (Å²) in [6, 6.07) is 11.8. The smallest absolute Gasteiger partial charge is 0.233 e. The highest BCUT2D eigenvalue weighted by Crippen LogP contribution is 2.32. The minimum atomic E-state index is -4.02. The highest BCUT2D eigenvalue weighted by atomic mass is 79.9.